The molecule has 37 heavy (non-hydrogen) atoms. The summed E-state index contributed by atoms with van der Waals surface area (Å²) >= 11 is 0. The summed E-state index contributed by atoms with van der Waals surface area (Å²) in [6.45, 7) is 11.8. The van der Waals surface area contributed by atoms with E-state index in [4.69, 9.17) is 11.2 Å². The van der Waals surface area contributed by atoms with Crippen LogP contribution in [0.25, 0.3) is 10.9 Å². The number of carbonyl (C=O) groups is 3. The summed E-state index contributed by atoms with van der Waals surface area (Å²) < 4.78 is 7.31. The molecule has 0 saturated carbocycles. The topological polar surface area (TPSA) is 92.7 Å². The number of aromatic nitrogens is 1. The van der Waals surface area contributed by atoms with Gasteiger partial charge >= 0.3 is 6.09 Å². The third-order valence-corrected chi connectivity index (χ3v) is 6.61. The summed E-state index contributed by atoms with van der Waals surface area (Å²) in [5.41, 5.74) is 1.58. The number of rotatable bonds is 8. The van der Waals surface area contributed by atoms with E-state index in [0.717, 1.165) is 35.7 Å². The molecule has 1 aliphatic heterocycles. The van der Waals surface area contributed by atoms with Crippen molar-refractivity contribution >= 4 is 28.8 Å². The SMILES string of the molecule is C#CCn1cc(C[C@@H]2CCCN2C(=O)[C@@H](NC(=O)[C@H](C)NC(=O)OC(C)(C)C)C(C)C)c2ccccc21. The molecule has 8 heteroatoms. The Morgan fingerprint density at radius 2 is 1.86 bits per heavy atom. The van der Waals surface area contributed by atoms with Crippen LogP contribution in [0.15, 0.2) is 30.5 Å². The van der Waals surface area contributed by atoms with Crippen LogP contribution in [0.5, 0.6) is 0 Å². The highest BCUT2D eigenvalue weighted by molar-refractivity contribution is 5.91. The molecule has 0 unspecified atom stereocenters. The van der Waals surface area contributed by atoms with Crippen LogP contribution in [0.1, 0.15) is 59.9 Å². The van der Waals surface area contributed by atoms with Gasteiger partial charge in [0, 0.05) is 29.7 Å². The lowest BCUT2D eigenvalue weighted by molar-refractivity contribution is -0.138. The van der Waals surface area contributed by atoms with Crippen LogP contribution in [0.3, 0.4) is 0 Å². The van der Waals surface area contributed by atoms with E-state index in [9.17, 15) is 14.4 Å². The van der Waals surface area contributed by atoms with Crippen molar-refractivity contribution in [2.24, 2.45) is 5.92 Å². The molecule has 0 bridgehead atoms. The molecule has 1 aliphatic rings. The van der Waals surface area contributed by atoms with E-state index >= 15 is 0 Å². The second-order valence-electron chi connectivity index (χ2n) is 11.1. The molecular formula is C29H40N4O4. The lowest BCUT2D eigenvalue weighted by Gasteiger charge is -2.32. The quantitative estimate of drug-likeness (QED) is 0.530. The minimum Gasteiger partial charge on any atom is -0.444 e. The number of amides is 3. The van der Waals surface area contributed by atoms with E-state index in [1.165, 1.54) is 0 Å². The van der Waals surface area contributed by atoms with Crippen LogP contribution in [0.2, 0.25) is 0 Å². The number of terminal acetylenes is 1. The molecule has 1 aromatic heterocycles. The first-order valence-corrected chi connectivity index (χ1v) is 13.0. The fourth-order valence-electron chi connectivity index (χ4n) is 4.83. The van der Waals surface area contributed by atoms with E-state index in [-0.39, 0.29) is 17.9 Å². The van der Waals surface area contributed by atoms with Gasteiger partial charge in [0.1, 0.15) is 17.7 Å². The number of nitrogens with zero attached hydrogens (tertiary/aromatic N) is 2. The highest BCUT2D eigenvalue weighted by Crippen LogP contribution is 2.28. The van der Waals surface area contributed by atoms with Crippen LogP contribution >= 0.6 is 0 Å². The van der Waals surface area contributed by atoms with Crippen LogP contribution in [0, 0.1) is 18.3 Å². The largest absolute Gasteiger partial charge is 0.444 e. The molecule has 0 spiro atoms. The van der Waals surface area contributed by atoms with Gasteiger partial charge in [-0.3, -0.25) is 9.59 Å². The number of hydrogen-bond acceptors (Lipinski definition) is 4. The highest BCUT2D eigenvalue weighted by atomic mass is 16.6. The molecule has 3 rings (SSSR count). The van der Waals surface area contributed by atoms with Crippen LogP contribution in [-0.4, -0.2) is 57.6 Å². The van der Waals surface area contributed by atoms with Gasteiger partial charge in [-0.2, -0.15) is 0 Å². The van der Waals surface area contributed by atoms with E-state index in [2.05, 4.69) is 39.5 Å². The van der Waals surface area contributed by atoms with Gasteiger partial charge in [0.2, 0.25) is 11.8 Å². The lowest BCUT2D eigenvalue weighted by Crippen LogP contribution is -2.56. The summed E-state index contributed by atoms with van der Waals surface area (Å²) in [4.78, 5) is 40.6. The van der Waals surface area contributed by atoms with Gasteiger partial charge in [-0.25, -0.2) is 4.79 Å². The van der Waals surface area contributed by atoms with Crippen molar-refractivity contribution in [3.8, 4) is 12.3 Å². The number of hydrogen-bond donors (Lipinski definition) is 2. The Morgan fingerprint density at radius 1 is 1.16 bits per heavy atom. The zero-order chi connectivity index (χ0) is 27.3. The maximum Gasteiger partial charge on any atom is 0.408 e. The molecule has 3 amide bonds. The molecule has 0 radical (unpaired) electrons. The molecular weight excluding hydrogens is 468 g/mol. The van der Waals surface area contributed by atoms with Crippen molar-refractivity contribution < 1.29 is 19.1 Å². The number of nitrogens with one attached hydrogen (secondary N) is 2. The predicted molar refractivity (Wildman–Crippen MR) is 145 cm³/mol. The van der Waals surface area contributed by atoms with Crippen molar-refractivity contribution in [3.05, 3.63) is 36.0 Å². The van der Waals surface area contributed by atoms with Gasteiger partial charge in [-0.15, -0.1) is 6.42 Å². The van der Waals surface area contributed by atoms with Crippen molar-refractivity contribution in [1.82, 2.24) is 20.1 Å². The molecule has 1 fully saturated rings. The number of likely N-dealkylation sites (tertiary alicyclic amines) is 1. The summed E-state index contributed by atoms with van der Waals surface area (Å²) in [7, 11) is 0. The Kier molecular flexibility index (Phi) is 8.90. The number of benzene rings is 1. The van der Waals surface area contributed by atoms with Gasteiger partial charge in [-0.1, -0.05) is 38.0 Å². The Morgan fingerprint density at radius 3 is 2.51 bits per heavy atom. The van der Waals surface area contributed by atoms with E-state index < -0.39 is 29.7 Å². The molecule has 0 aliphatic carbocycles. The van der Waals surface area contributed by atoms with Gasteiger partial charge < -0.3 is 24.8 Å². The molecule has 2 N–H and O–H groups in total. The van der Waals surface area contributed by atoms with E-state index in [1.807, 2.05) is 30.9 Å². The predicted octanol–water partition coefficient (Wildman–Crippen LogP) is 3.86. The third-order valence-electron chi connectivity index (χ3n) is 6.61. The van der Waals surface area contributed by atoms with Crippen molar-refractivity contribution in [2.45, 2.75) is 91.1 Å². The molecule has 2 aromatic rings. The van der Waals surface area contributed by atoms with Crippen LogP contribution < -0.4 is 10.6 Å². The fourth-order valence-corrected chi connectivity index (χ4v) is 4.83. The molecule has 2 heterocycles. The fraction of sp³-hybridized carbons (Fsp3) is 0.552. The third kappa shape index (κ3) is 7.06. The summed E-state index contributed by atoms with van der Waals surface area (Å²) in [6, 6.07) is 6.66. The standard InChI is InChI=1S/C29H40N4O4/c1-8-15-32-18-21(23-13-9-10-14-24(23)32)17-22-12-11-16-33(22)27(35)25(19(2)3)31-26(34)20(4)30-28(36)37-29(5,6)7/h1,9-10,13-14,18-20,22,25H,11-12,15-17H2,2-7H3,(H,30,36)(H,31,34)/t20-,22-,25-/m0/s1. The van der Waals surface area contributed by atoms with E-state index in [0.29, 0.717) is 13.1 Å². The molecule has 200 valence electrons. The first-order chi connectivity index (χ1) is 17.4. The van der Waals surface area contributed by atoms with Crippen molar-refractivity contribution in [3.63, 3.8) is 0 Å². The number of para-hydroxylation sites is 1. The first kappa shape index (κ1) is 28.1. The molecule has 1 aromatic carbocycles. The zero-order valence-corrected chi connectivity index (χ0v) is 22.8. The summed E-state index contributed by atoms with van der Waals surface area (Å²) in [5, 5.41) is 6.56. The normalized spacial score (nSPS) is 17.4. The van der Waals surface area contributed by atoms with Crippen LogP contribution in [-0.2, 0) is 27.3 Å². The second-order valence-corrected chi connectivity index (χ2v) is 11.1. The van der Waals surface area contributed by atoms with Crippen molar-refractivity contribution in [1.29, 1.82) is 0 Å². The Hall–Kier alpha value is -3.47. The number of carbonyl (C=O) groups excluding carboxylic acids is 3. The lowest BCUT2D eigenvalue weighted by atomic mass is 9.99. The Bertz CT molecular complexity index is 1170. The van der Waals surface area contributed by atoms with Gasteiger partial charge in [0.25, 0.3) is 0 Å². The maximum atomic E-state index is 13.7. The number of ether oxygens (including phenoxy) is 1. The number of alkyl carbamates (subject to hydrolysis) is 1. The van der Waals surface area contributed by atoms with Gasteiger partial charge in [0.05, 0.1) is 6.54 Å². The van der Waals surface area contributed by atoms with Gasteiger partial charge in [0.15, 0.2) is 0 Å². The summed E-state index contributed by atoms with van der Waals surface area (Å²) in [5.74, 6) is 2.07. The molecule has 8 nitrogen and oxygen atoms in total. The molecule has 3 atom stereocenters. The highest BCUT2D eigenvalue weighted by Gasteiger charge is 2.36. The average molecular weight is 509 g/mol. The van der Waals surface area contributed by atoms with Crippen LogP contribution in [0.4, 0.5) is 4.79 Å². The zero-order valence-electron chi connectivity index (χ0n) is 22.8. The minimum absolute atomic E-state index is 0.0352. The number of fused-ring (bicyclic) bond motifs is 1. The molecule has 1 saturated heterocycles. The monoisotopic (exact) mass is 508 g/mol. The Balaban J connectivity index is 1.71. The van der Waals surface area contributed by atoms with Gasteiger partial charge in [-0.05, 0) is 64.5 Å². The summed E-state index contributed by atoms with van der Waals surface area (Å²) in [6.07, 6.45) is 9.52. The van der Waals surface area contributed by atoms with Crippen molar-refractivity contribution in [2.75, 3.05) is 6.54 Å². The Labute approximate surface area is 220 Å². The first-order valence-electron chi connectivity index (χ1n) is 13.0. The second kappa shape index (κ2) is 11.7. The smallest absolute Gasteiger partial charge is 0.408 e. The average Bonchev–Trinajstić information content (AvgIpc) is 3.41. The minimum atomic E-state index is -0.847. The maximum absolute atomic E-state index is 13.7. The van der Waals surface area contributed by atoms with E-state index in [1.54, 1.807) is 27.7 Å².